The molecule has 192 valence electrons. The molecule has 2 aromatic rings. The molecule has 2 saturated heterocycles. The summed E-state index contributed by atoms with van der Waals surface area (Å²) < 4.78 is 36.2. The lowest BCUT2D eigenvalue weighted by Gasteiger charge is -2.36. The third-order valence-corrected chi connectivity index (χ3v) is 8.37. The van der Waals surface area contributed by atoms with Gasteiger partial charge in [0.05, 0.1) is 17.9 Å². The van der Waals surface area contributed by atoms with E-state index in [0.29, 0.717) is 52.4 Å². The number of rotatable bonds is 8. The molecule has 4 rings (SSSR count). The van der Waals surface area contributed by atoms with Crippen LogP contribution in [0.15, 0.2) is 35.5 Å². The minimum atomic E-state index is -3.93. The van der Waals surface area contributed by atoms with Gasteiger partial charge in [-0.25, -0.2) is 8.42 Å². The van der Waals surface area contributed by atoms with Crippen molar-refractivity contribution in [2.24, 2.45) is 0 Å². The van der Waals surface area contributed by atoms with Crippen molar-refractivity contribution in [3.63, 3.8) is 0 Å². The molecule has 0 saturated carbocycles. The largest absolute Gasteiger partial charge is 0.492 e. The highest BCUT2D eigenvalue weighted by molar-refractivity contribution is 7.89. The third-order valence-electron chi connectivity index (χ3n) is 6.53. The Morgan fingerprint density at radius 1 is 1.00 bits per heavy atom. The number of ether oxygens (including phenoxy) is 1. The quantitative estimate of drug-likeness (QED) is 0.539. The monoisotopic (exact) mass is 504 g/mol. The number of amides is 1. The van der Waals surface area contributed by atoms with Gasteiger partial charge in [-0.3, -0.25) is 9.48 Å². The Labute approximate surface area is 208 Å². The fourth-order valence-electron chi connectivity index (χ4n) is 4.55. The SMILES string of the molecule is CCCn1cc(C(=O)N2CCN(C)CC2)c(S(=O)(=O)N2CCN(c3ccccc3OCC)CC2)n1. The van der Waals surface area contributed by atoms with Gasteiger partial charge >= 0.3 is 0 Å². The second-order valence-corrected chi connectivity index (χ2v) is 10.9. The lowest BCUT2D eigenvalue weighted by atomic mass is 10.2. The second-order valence-electron chi connectivity index (χ2n) is 9.00. The average Bonchev–Trinajstić information content (AvgIpc) is 3.30. The summed E-state index contributed by atoms with van der Waals surface area (Å²) in [4.78, 5) is 19.4. The molecule has 3 heterocycles. The molecule has 0 bridgehead atoms. The molecule has 1 aromatic heterocycles. The maximum absolute atomic E-state index is 13.7. The molecule has 0 unspecified atom stereocenters. The summed E-state index contributed by atoms with van der Waals surface area (Å²) in [6.45, 7) is 9.42. The molecule has 11 heteroatoms. The lowest BCUT2D eigenvalue weighted by molar-refractivity contribution is 0.0660. The number of piperazine rings is 2. The van der Waals surface area contributed by atoms with E-state index >= 15 is 0 Å². The van der Waals surface area contributed by atoms with Crippen molar-refractivity contribution in [2.75, 3.05) is 70.9 Å². The maximum atomic E-state index is 13.7. The number of aromatic nitrogens is 2. The van der Waals surface area contributed by atoms with E-state index < -0.39 is 10.0 Å². The fraction of sp³-hybridized carbons (Fsp3) is 0.583. The summed E-state index contributed by atoms with van der Waals surface area (Å²) in [5.74, 6) is 0.535. The van der Waals surface area contributed by atoms with Crippen molar-refractivity contribution in [2.45, 2.75) is 31.8 Å². The van der Waals surface area contributed by atoms with Gasteiger partial charge in [0.1, 0.15) is 5.75 Å². The van der Waals surface area contributed by atoms with E-state index in [0.717, 1.165) is 30.9 Å². The minimum absolute atomic E-state index is 0.127. The summed E-state index contributed by atoms with van der Waals surface area (Å²) in [6.07, 6.45) is 2.40. The molecule has 0 spiro atoms. The Hall–Kier alpha value is -2.63. The first-order valence-corrected chi connectivity index (χ1v) is 13.8. The van der Waals surface area contributed by atoms with E-state index in [-0.39, 0.29) is 16.5 Å². The molecule has 0 aliphatic carbocycles. The highest BCUT2D eigenvalue weighted by atomic mass is 32.2. The fourth-order valence-corrected chi connectivity index (χ4v) is 6.07. The predicted octanol–water partition coefficient (Wildman–Crippen LogP) is 1.59. The van der Waals surface area contributed by atoms with Gasteiger partial charge in [-0.2, -0.15) is 9.40 Å². The van der Waals surface area contributed by atoms with Crippen LogP contribution >= 0.6 is 0 Å². The van der Waals surface area contributed by atoms with Crippen LogP contribution in [0.1, 0.15) is 30.6 Å². The van der Waals surface area contributed by atoms with E-state index in [1.54, 1.807) is 15.8 Å². The van der Waals surface area contributed by atoms with Gasteiger partial charge in [-0.1, -0.05) is 19.1 Å². The minimum Gasteiger partial charge on any atom is -0.492 e. The van der Waals surface area contributed by atoms with Crippen molar-refractivity contribution in [1.82, 2.24) is 23.9 Å². The van der Waals surface area contributed by atoms with Crippen LogP contribution in [-0.4, -0.2) is 104 Å². The first kappa shape index (κ1) is 25.5. The van der Waals surface area contributed by atoms with Crippen molar-refractivity contribution in [3.05, 3.63) is 36.0 Å². The molecule has 2 aliphatic heterocycles. The normalized spacial score (nSPS) is 18.1. The number of hydrogen-bond donors (Lipinski definition) is 0. The van der Waals surface area contributed by atoms with E-state index in [1.165, 1.54) is 4.31 Å². The standard InChI is InChI=1S/C24H36N6O4S/c1-4-10-29-19-20(24(31)28-13-11-26(3)12-14-28)23(25-29)35(32,33)30-17-15-27(16-18-30)21-8-6-7-9-22(21)34-5-2/h6-9,19H,4-5,10-18H2,1-3H3. The zero-order chi connectivity index (χ0) is 25.0. The molecular weight excluding hydrogens is 468 g/mol. The van der Waals surface area contributed by atoms with Crippen LogP contribution in [-0.2, 0) is 16.6 Å². The molecule has 10 nitrogen and oxygen atoms in total. The number of hydrogen-bond acceptors (Lipinski definition) is 7. The number of sulfonamides is 1. The van der Waals surface area contributed by atoms with Gasteiger partial charge in [0.15, 0.2) is 0 Å². The number of para-hydroxylation sites is 2. The molecule has 0 atom stereocenters. The Bertz CT molecular complexity index is 1120. The van der Waals surface area contributed by atoms with Crippen LogP contribution < -0.4 is 9.64 Å². The van der Waals surface area contributed by atoms with Gasteiger partial charge < -0.3 is 19.4 Å². The van der Waals surface area contributed by atoms with Crippen LogP contribution in [0, 0.1) is 0 Å². The molecule has 0 N–H and O–H groups in total. The number of carbonyl (C=O) groups is 1. The van der Waals surface area contributed by atoms with Gasteiger partial charge in [-0.05, 0) is 32.5 Å². The van der Waals surface area contributed by atoms with E-state index in [4.69, 9.17) is 4.74 Å². The number of anilines is 1. The molecular formula is C24H36N6O4S. The Morgan fingerprint density at radius 2 is 1.69 bits per heavy atom. The van der Waals surface area contributed by atoms with Crippen LogP contribution in [0.5, 0.6) is 5.75 Å². The Balaban J connectivity index is 1.54. The number of benzene rings is 1. The maximum Gasteiger partial charge on any atom is 0.263 e. The van der Waals surface area contributed by atoms with Crippen LogP contribution in [0.4, 0.5) is 5.69 Å². The second kappa shape index (κ2) is 11.0. The summed E-state index contributed by atoms with van der Waals surface area (Å²) in [5, 5.41) is 4.26. The Kier molecular flexibility index (Phi) is 7.98. The smallest absolute Gasteiger partial charge is 0.263 e. The molecule has 35 heavy (non-hydrogen) atoms. The zero-order valence-corrected chi connectivity index (χ0v) is 21.7. The summed E-state index contributed by atoms with van der Waals surface area (Å²) in [7, 11) is -1.91. The van der Waals surface area contributed by atoms with E-state index in [2.05, 4.69) is 14.9 Å². The predicted molar refractivity (Wildman–Crippen MR) is 135 cm³/mol. The van der Waals surface area contributed by atoms with Crippen molar-refractivity contribution in [3.8, 4) is 5.75 Å². The van der Waals surface area contributed by atoms with Crippen molar-refractivity contribution in [1.29, 1.82) is 0 Å². The lowest BCUT2D eigenvalue weighted by Crippen LogP contribution is -2.49. The highest BCUT2D eigenvalue weighted by Gasteiger charge is 2.36. The number of aryl methyl sites for hydroxylation is 1. The van der Waals surface area contributed by atoms with Gasteiger partial charge in [0, 0.05) is 65.1 Å². The molecule has 1 aromatic carbocycles. The zero-order valence-electron chi connectivity index (χ0n) is 20.9. The average molecular weight is 505 g/mol. The molecule has 0 radical (unpaired) electrons. The third kappa shape index (κ3) is 5.46. The number of likely N-dealkylation sites (N-methyl/N-ethyl adjacent to an activating group) is 1. The van der Waals surface area contributed by atoms with Crippen LogP contribution in [0.2, 0.25) is 0 Å². The van der Waals surface area contributed by atoms with E-state index in [1.807, 2.05) is 45.2 Å². The topological polar surface area (TPSA) is 91.2 Å². The van der Waals surface area contributed by atoms with Crippen LogP contribution in [0.3, 0.4) is 0 Å². The molecule has 2 fully saturated rings. The summed E-state index contributed by atoms with van der Waals surface area (Å²) in [6, 6.07) is 7.81. The Morgan fingerprint density at radius 3 is 2.34 bits per heavy atom. The highest BCUT2D eigenvalue weighted by Crippen LogP contribution is 2.30. The van der Waals surface area contributed by atoms with Crippen LogP contribution in [0.25, 0.3) is 0 Å². The number of carbonyl (C=O) groups excluding carboxylic acids is 1. The number of nitrogens with zero attached hydrogens (tertiary/aromatic N) is 6. The summed E-state index contributed by atoms with van der Waals surface area (Å²) >= 11 is 0. The first-order chi connectivity index (χ1) is 16.8. The van der Waals surface area contributed by atoms with Gasteiger partial charge in [0.25, 0.3) is 15.9 Å². The first-order valence-electron chi connectivity index (χ1n) is 12.4. The van der Waals surface area contributed by atoms with Gasteiger partial charge in [0.2, 0.25) is 5.03 Å². The van der Waals surface area contributed by atoms with Crippen molar-refractivity contribution < 1.29 is 17.9 Å². The molecule has 2 aliphatic rings. The van der Waals surface area contributed by atoms with Gasteiger partial charge in [-0.15, -0.1) is 0 Å². The van der Waals surface area contributed by atoms with E-state index in [9.17, 15) is 13.2 Å². The van der Waals surface area contributed by atoms with Crippen molar-refractivity contribution >= 4 is 21.6 Å². The molecule has 1 amide bonds. The summed E-state index contributed by atoms with van der Waals surface area (Å²) in [5.41, 5.74) is 1.14.